The third kappa shape index (κ3) is 5.24. The highest BCUT2D eigenvalue weighted by Crippen LogP contribution is 2.22. The number of halogens is 2. The van der Waals surface area contributed by atoms with E-state index < -0.39 is 0 Å². The highest BCUT2D eigenvalue weighted by Gasteiger charge is 2.03. The summed E-state index contributed by atoms with van der Waals surface area (Å²) in [6.45, 7) is 2.42. The molecule has 0 aliphatic heterocycles. The van der Waals surface area contributed by atoms with Crippen molar-refractivity contribution in [3.63, 3.8) is 0 Å². The molecule has 2 N–H and O–H groups in total. The van der Waals surface area contributed by atoms with Gasteiger partial charge in [0.15, 0.2) is 0 Å². The second-order valence-electron chi connectivity index (χ2n) is 5.18. The van der Waals surface area contributed by atoms with Crippen LogP contribution in [-0.4, -0.2) is 6.04 Å². The maximum atomic E-state index is 6.11. The monoisotopic (exact) mass is 323 g/mol. The Balaban J connectivity index is 1.93. The third-order valence-corrected chi connectivity index (χ3v) is 3.82. The summed E-state index contributed by atoms with van der Waals surface area (Å²) in [5.74, 6) is 0.815. The van der Waals surface area contributed by atoms with Gasteiger partial charge in [0.1, 0.15) is 12.4 Å². The van der Waals surface area contributed by atoms with E-state index in [-0.39, 0.29) is 6.04 Å². The van der Waals surface area contributed by atoms with Gasteiger partial charge in [0.2, 0.25) is 0 Å². The average Bonchev–Trinajstić information content (AvgIpc) is 2.47. The first-order valence-electron chi connectivity index (χ1n) is 6.96. The molecule has 1 atom stereocenters. The zero-order valence-electron chi connectivity index (χ0n) is 12.0. The summed E-state index contributed by atoms with van der Waals surface area (Å²) in [5.41, 5.74) is 7.90. The molecule has 2 nitrogen and oxygen atoms in total. The summed E-state index contributed by atoms with van der Waals surface area (Å²) in [5, 5.41) is 1.32. The van der Waals surface area contributed by atoms with Crippen LogP contribution >= 0.6 is 23.2 Å². The zero-order chi connectivity index (χ0) is 15.2. The minimum absolute atomic E-state index is 0.228. The van der Waals surface area contributed by atoms with Crippen LogP contribution in [0.3, 0.4) is 0 Å². The van der Waals surface area contributed by atoms with Crippen LogP contribution in [0.1, 0.15) is 24.5 Å². The maximum absolute atomic E-state index is 6.11. The number of hydrogen-bond acceptors (Lipinski definition) is 2. The van der Waals surface area contributed by atoms with Crippen LogP contribution in [0.15, 0.2) is 42.5 Å². The molecule has 0 bridgehead atoms. The summed E-state index contributed by atoms with van der Waals surface area (Å²) in [6.07, 6.45) is 1.97. The van der Waals surface area contributed by atoms with Crippen LogP contribution in [0.2, 0.25) is 10.0 Å². The standard InChI is InChI=1S/C17H19Cl2NO/c1-12(20)2-3-13-4-7-16(8-5-13)21-11-14-10-15(18)6-9-17(14)19/h4-10,12H,2-3,11,20H2,1H3. The molecule has 2 aromatic rings. The van der Waals surface area contributed by atoms with E-state index in [1.807, 2.05) is 25.1 Å². The van der Waals surface area contributed by atoms with Crippen LogP contribution in [0, 0.1) is 0 Å². The molecule has 0 amide bonds. The van der Waals surface area contributed by atoms with Crippen molar-refractivity contribution in [3.8, 4) is 5.75 Å². The third-order valence-electron chi connectivity index (χ3n) is 3.21. The van der Waals surface area contributed by atoms with Crippen LogP contribution in [-0.2, 0) is 13.0 Å². The van der Waals surface area contributed by atoms with Crippen LogP contribution in [0.4, 0.5) is 0 Å². The van der Waals surface area contributed by atoms with Gasteiger partial charge in [-0.3, -0.25) is 0 Å². The Bertz CT molecular complexity index is 582. The Morgan fingerprint density at radius 1 is 1.10 bits per heavy atom. The molecule has 0 saturated carbocycles. The highest BCUT2D eigenvalue weighted by molar-refractivity contribution is 6.33. The second kappa shape index (κ2) is 7.69. The van der Waals surface area contributed by atoms with Crippen LogP contribution < -0.4 is 10.5 Å². The molecule has 0 heterocycles. The van der Waals surface area contributed by atoms with Gasteiger partial charge in [0.25, 0.3) is 0 Å². The van der Waals surface area contributed by atoms with Crippen LogP contribution in [0.25, 0.3) is 0 Å². The predicted octanol–water partition coefficient (Wildman–Crippen LogP) is 4.85. The molecular formula is C17H19Cl2NO. The summed E-state index contributed by atoms with van der Waals surface area (Å²) < 4.78 is 5.74. The lowest BCUT2D eigenvalue weighted by molar-refractivity contribution is 0.306. The van der Waals surface area contributed by atoms with Crippen molar-refractivity contribution in [1.29, 1.82) is 0 Å². The lowest BCUT2D eigenvalue weighted by Crippen LogP contribution is -2.15. The fourth-order valence-corrected chi connectivity index (χ4v) is 2.33. The Kier molecular flexibility index (Phi) is 5.92. The van der Waals surface area contributed by atoms with Gasteiger partial charge >= 0.3 is 0 Å². The molecule has 4 heteroatoms. The number of benzene rings is 2. The van der Waals surface area contributed by atoms with Gasteiger partial charge in [0, 0.05) is 21.7 Å². The molecule has 0 spiro atoms. The number of hydrogen-bond donors (Lipinski definition) is 1. The molecule has 0 saturated heterocycles. The topological polar surface area (TPSA) is 35.2 Å². The molecule has 2 aromatic carbocycles. The van der Waals surface area contributed by atoms with Gasteiger partial charge in [-0.25, -0.2) is 0 Å². The van der Waals surface area contributed by atoms with Crippen LogP contribution in [0.5, 0.6) is 5.75 Å². The van der Waals surface area contributed by atoms with Crippen molar-refractivity contribution >= 4 is 23.2 Å². The molecular weight excluding hydrogens is 305 g/mol. The number of nitrogens with two attached hydrogens (primary N) is 1. The smallest absolute Gasteiger partial charge is 0.119 e. The first kappa shape index (κ1) is 16.2. The summed E-state index contributed by atoms with van der Waals surface area (Å²) in [7, 11) is 0. The van der Waals surface area contributed by atoms with E-state index in [4.69, 9.17) is 33.7 Å². The Hall–Kier alpha value is -1.22. The highest BCUT2D eigenvalue weighted by atomic mass is 35.5. The van der Waals surface area contributed by atoms with Gasteiger partial charge in [-0.05, 0) is 55.7 Å². The van der Waals surface area contributed by atoms with E-state index in [0.717, 1.165) is 24.2 Å². The molecule has 2 rings (SSSR count). The summed E-state index contributed by atoms with van der Waals surface area (Å²) >= 11 is 12.1. The van der Waals surface area contributed by atoms with Crippen molar-refractivity contribution in [1.82, 2.24) is 0 Å². The zero-order valence-corrected chi connectivity index (χ0v) is 13.5. The quantitative estimate of drug-likeness (QED) is 0.824. The van der Waals surface area contributed by atoms with E-state index in [1.165, 1.54) is 5.56 Å². The molecule has 0 aromatic heterocycles. The Morgan fingerprint density at radius 3 is 2.48 bits per heavy atom. The van der Waals surface area contributed by atoms with Crippen molar-refractivity contribution in [2.24, 2.45) is 5.73 Å². The minimum atomic E-state index is 0.228. The maximum Gasteiger partial charge on any atom is 0.119 e. The SMILES string of the molecule is CC(N)CCc1ccc(OCc2cc(Cl)ccc2Cl)cc1. The summed E-state index contributed by atoms with van der Waals surface area (Å²) in [4.78, 5) is 0. The second-order valence-corrected chi connectivity index (χ2v) is 6.03. The van der Waals surface area contributed by atoms with Crippen molar-refractivity contribution < 1.29 is 4.74 Å². The first-order valence-corrected chi connectivity index (χ1v) is 7.71. The lowest BCUT2D eigenvalue weighted by atomic mass is 10.1. The summed E-state index contributed by atoms with van der Waals surface area (Å²) in [6, 6.07) is 13.7. The molecule has 21 heavy (non-hydrogen) atoms. The van der Waals surface area contributed by atoms with Gasteiger partial charge in [-0.1, -0.05) is 35.3 Å². The molecule has 0 aliphatic carbocycles. The molecule has 0 aliphatic rings. The van der Waals surface area contributed by atoms with E-state index in [9.17, 15) is 0 Å². The first-order chi connectivity index (χ1) is 10.0. The normalized spacial score (nSPS) is 12.2. The van der Waals surface area contributed by atoms with Gasteiger partial charge < -0.3 is 10.5 Å². The number of rotatable bonds is 6. The van der Waals surface area contributed by atoms with E-state index >= 15 is 0 Å². The largest absolute Gasteiger partial charge is 0.489 e. The molecule has 1 unspecified atom stereocenters. The lowest BCUT2D eigenvalue weighted by Gasteiger charge is -2.09. The van der Waals surface area contributed by atoms with Crippen molar-refractivity contribution in [2.75, 3.05) is 0 Å². The van der Waals surface area contributed by atoms with E-state index in [0.29, 0.717) is 16.7 Å². The van der Waals surface area contributed by atoms with Gasteiger partial charge in [-0.15, -0.1) is 0 Å². The fourth-order valence-electron chi connectivity index (χ4n) is 1.96. The van der Waals surface area contributed by atoms with Crippen molar-refractivity contribution in [2.45, 2.75) is 32.4 Å². The fraction of sp³-hybridized carbons (Fsp3) is 0.294. The molecule has 0 radical (unpaired) electrons. The Labute approximate surface area is 135 Å². The molecule has 112 valence electrons. The Morgan fingerprint density at radius 2 is 1.81 bits per heavy atom. The van der Waals surface area contributed by atoms with E-state index in [2.05, 4.69) is 12.1 Å². The van der Waals surface area contributed by atoms with E-state index in [1.54, 1.807) is 12.1 Å². The predicted molar refractivity (Wildman–Crippen MR) is 89.2 cm³/mol. The number of ether oxygens (including phenoxy) is 1. The van der Waals surface area contributed by atoms with Gasteiger partial charge in [0.05, 0.1) is 0 Å². The number of aryl methyl sites for hydroxylation is 1. The minimum Gasteiger partial charge on any atom is -0.489 e. The van der Waals surface area contributed by atoms with Crippen molar-refractivity contribution in [3.05, 3.63) is 63.6 Å². The molecule has 0 fully saturated rings. The average molecular weight is 324 g/mol. The van der Waals surface area contributed by atoms with Gasteiger partial charge in [-0.2, -0.15) is 0 Å².